The first-order valence-electron chi connectivity index (χ1n) is 7.27. The van der Waals surface area contributed by atoms with Crippen LogP contribution < -0.4 is 0 Å². The molecule has 0 aromatic heterocycles. The molecule has 0 radical (unpaired) electrons. The fraction of sp³-hybridized carbons (Fsp3) is 1.00. The van der Waals surface area contributed by atoms with E-state index in [4.69, 9.17) is 17.1 Å². The lowest BCUT2D eigenvalue weighted by atomic mass is 10.6. The standard InChI is InChI=1S/C12H32O6Si3/c1-11(2)20(9-13,10-14)17-19(7,8)18-21(15-5,16-6)12(3)4/h11-14H,9-10H2,1-8H3. The Balaban J connectivity index is 5.29. The zero-order valence-corrected chi connectivity index (χ0v) is 17.6. The van der Waals surface area contributed by atoms with Crippen LogP contribution in [0.1, 0.15) is 27.7 Å². The lowest BCUT2D eigenvalue weighted by Crippen LogP contribution is -2.62. The second-order valence-corrected chi connectivity index (χ2v) is 17.8. The molecule has 21 heavy (non-hydrogen) atoms. The molecule has 0 fully saturated rings. The molecule has 2 N–H and O–H groups in total. The summed E-state index contributed by atoms with van der Waals surface area (Å²) in [4.78, 5) is 0. The van der Waals surface area contributed by atoms with Crippen LogP contribution in [0.25, 0.3) is 0 Å². The molecule has 0 aromatic rings. The Morgan fingerprint density at radius 2 is 1.24 bits per heavy atom. The van der Waals surface area contributed by atoms with E-state index in [9.17, 15) is 10.2 Å². The monoisotopic (exact) mass is 356 g/mol. The maximum atomic E-state index is 9.72. The average Bonchev–Trinajstić information content (AvgIpc) is 2.41. The normalized spacial score (nSPS) is 14.3. The van der Waals surface area contributed by atoms with E-state index in [0.717, 1.165) is 0 Å². The minimum Gasteiger partial charge on any atom is -0.432 e. The van der Waals surface area contributed by atoms with Crippen LogP contribution in [0.2, 0.25) is 24.2 Å². The van der Waals surface area contributed by atoms with E-state index in [0.29, 0.717) is 0 Å². The molecule has 0 amide bonds. The van der Waals surface area contributed by atoms with Crippen molar-refractivity contribution in [3.05, 3.63) is 0 Å². The highest BCUT2D eigenvalue weighted by Gasteiger charge is 2.52. The second kappa shape index (κ2) is 8.32. The average molecular weight is 357 g/mol. The van der Waals surface area contributed by atoms with Gasteiger partial charge in [0.15, 0.2) is 0 Å². The van der Waals surface area contributed by atoms with Gasteiger partial charge in [0.2, 0.25) is 8.32 Å². The van der Waals surface area contributed by atoms with Gasteiger partial charge in [0.25, 0.3) is 0 Å². The maximum Gasteiger partial charge on any atom is 0.494 e. The molecule has 0 bridgehead atoms. The van der Waals surface area contributed by atoms with Gasteiger partial charge in [-0.15, -0.1) is 0 Å². The van der Waals surface area contributed by atoms with Crippen molar-refractivity contribution in [1.82, 2.24) is 0 Å². The Hall–Kier alpha value is 0.411. The summed E-state index contributed by atoms with van der Waals surface area (Å²) in [5.41, 5.74) is 0.185. The third-order valence-electron chi connectivity index (χ3n) is 3.70. The van der Waals surface area contributed by atoms with Gasteiger partial charge in [-0.25, -0.2) is 0 Å². The van der Waals surface area contributed by atoms with E-state index in [-0.39, 0.29) is 23.5 Å². The van der Waals surface area contributed by atoms with Gasteiger partial charge in [0.1, 0.15) is 0 Å². The predicted molar refractivity (Wildman–Crippen MR) is 89.5 cm³/mol. The van der Waals surface area contributed by atoms with Crippen molar-refractivity contribution in [3.63, 3.8) is 0 Å². The SMILES string of the molecule is CO[Si](OC)(O[Si](C)(C)O[Si](CO)(CO)C(C)C)C(C)C. The Bertz CT molecular complexity index is 275. The molecule has 0 spiro atoms. The topological polar surface area (TPSA) is 77.4 Å². The van der Waals surface area contributed by atoms with Gasteiger partial charge in [-0.3, -0.25) is 0 Å². The van der Waals surface area contributed by atoms with Gasteiger partial charge in [-0.05, 0) is 18.6 Å². The Labute approximate surface area is 132 Å². The van der Waals surface area contributed by atoms with Gasteiger partial charge < -0.3 is 27.3 Å². The van der Waals surface area contributed by atoms with E-state index < -0.39 is 25.7 Å². The van der Waals surface area contributed by atoms with Crippen LogP contribution in [0.15, 0.2) is 0 Å². The Morgan fingerprint density at radius 1 is 0.810 bits per heavy atom. The first-order valence-corrected chi connectivity index (χ1v) is 14.3. The van der Waals surface area contributed by atoms with Gasteiger partial charge in [-0.1, -0.05) is 27.7 Å². The van der Waals surface area contributed by atoms with E-state index in [1.807, 2.05) is 40.8 Å². The molecule has 0 aromatic carbocycles. The lowest BCUT2D eigenvalue weighted by molar-refractivity contribution is 0.134. The minimum absolute atomic E-state index is 0.0862. The van der Waals surface area contributed by atoms with Crippen molar-refractivity contribution in [1.29, 1.82) is 0 Å². The van der Waals surface area contributed by atoms with Crippen LogP contribution in [-0.2, 0) is 17.1 Å². The van der Waals surface area contributed by atoms with E-state index in [1.165, 1.54) is 0 Å². The third kappa shape index (κ3) is 5.22. The van der Waals surface area contributed by atoms with Gasteiger partial charge in [-0.2, -0.15) is 0 Å². The van der Waals surface area contributed by atoms with E-state index in [2.05, 4.69) is 0 Å². The van der Waals surface area contributed by atoms with Crippen molar-refractivity contribution >= 4 is 25.7 Å². The van der Waals surface area contributed by atoms with Crippen molar-refractivity contribution in [2.45, 2.75) is 51.9 Å². The summed E-state index contributed by atoms with van der Waals surface area (Å²) >= 11 is 0. The van der Waals surface area contributed by atoms with Crippen LogP contribution in [0.4, 0.5) is 0 Å². The summed E-state index contributed by atoms with van der Waals surface area (Å²) in [6.45, 7) is 11.7. The molecule has 0 saturated heterocycles. The summed E-state index contributed by atoms with van der Waals surface area (Å²) in [6, 6.07) is 0. The van der Waals surface area contributed by atoms with Crippen molar-refractivity contribution in [2.75, 3.05) is 26.7 Å². The van der Waals surface area contributed by atoms with E-state index >= 15 is 0 Å². The number of hydrogen-bond donors (Lipinski definition) is 2. The maximum absolute atomic E-state index is 9.72. The molecule has 0 atom stereocenters. The predicted octanol–water partition coefficient (Wildman–Crippen LogP) is 1.78. The van der Waals surface area contributed by atoms with Gasteiger partial charge in [0, 0.05) is 19.8 Å². The molecular formula is C12H32O6Si3. The highest BCUT2D eigenvalue weighted by molar-refractivity contribution is 6.87. The van der Waals surface area contributed by atoms with Gasteiger partial charge in [0.05, 0.1) is 12.5 Å². The molecule has 0 aliphatic carbocycles. The van der Waals surface area contributed by atoms with Crippen LogP contribution >= 0.6 is 0 Å². The number of aliphatic hydroxyl groups excluding tert-OH is 2. The molecule has 128 valence electrons. The zero-order valence-electron chi connectivity index (χ0n) is 14.6. The van der Waals surface area contributed by atoms with Crippen molar-refractivity contribution in [3.8, 4) is 0 Å². The Morgan fingerprint density at radius 3 is 1.48 bits per heavy atom. The third-order valence-corrected chi connectivity index (χ3v) is 16.1. The van der Waals surface area contributed by atoms with Crippen LogP contribution in [0, 0.1) is 0 Å². The minimum atomic E-state index is -2.82. The van der Waals surface area contributed by atoms with Crippen LogP contribution in [0.5, 0.6) is 0 Å². The summed E-state index contributed by atoms with van der Waals surface area (Å²) in [7, 11) is -4.93. The Kier molecular flexibility index (Phi) is 8.48. The summed E-state index contributed by atoms with van der Waals surface area (Å²) in [5, 5.41) is 19.4. The van der Waals surface area contributed by atoms with Crippen molar-refractivity contribution in [2.24, 2.45) is 0 Å². The number of hydrogen-bond acceptors (Lipinski definition) is 6. The summed E-state index contributed by atoms with van der Waals surface area (Å²) in [6.07, 6.45) is -0.256. The van der Waals surface area contributed by atoms with Crippen LogP contribution in [0.3, 0.4) is 0 Å². The second-order valence-electron chi connectivity index (χ2n) is 6.31. The molecule has 0 aliphatic heterocycles. The molecule has 9 heteroatoms. The largest absolute Gasteiger partial charge is 0.494 e. The first-order chi connectivity index (χ1) is 9.54. The highest BCUT2D eigenvalue weighted by Crippen LogP contribution is 2.31. The number of rotatable bonds is 10. The van der Waals surface area contributed by atoms with Crippen molar-refractivity contribution < 1.29 is 27.3 Å². The smallest absolute Gasteiger partial charge is 0.432 e. The fourth-order valence-corrected chi connectivity index (χ4v) is 14.4. The quantitative estimate of drug-likeness (QED) is 0.581. The van der Waals surface area contributed by atoms with E-state index in [1.54, 1.807) is 14.2 Å². The molecule has 0 unspecified atom stereocenters. The molecule has 0 saturated carbocycles. The summed E-state index contributed by atoms with van der Waals surface area (Å²) < 4.78 is 23.6. The molecule has 6 nitrogen and oxygen atoms in total. The summed E-state index contributed by atoms with van der Waals surface area (Å²) in [5.74, 6) is 0. The van der Waals surface area contributed by atoms with Crippen LogP contribution in [-0.4, -0.2) is 62.6 Å². The van der Waals surface area contributed by atoms with Gasteiger partial charge >= 0.3 is 17.4 Å². The fourth-order valence-electron chi connectivity index (χ4n) is 2.21. The molecular weight excluding hydrogens is 324 g/mol. The highest BCUT2D eigenvalue weighted by atomic mass is 28.5. The zero-order chi connectivity index (χ0) is 16.9. The molecule has 0 heterocycles. The molecule has 0 aliphatic rings. The molecule has 0 rings (SSSR count). The first kappa shape index (κ1) is 21.4. The lowest BCUT2D eigenvalue weighted by Gasteiger charge is -2.42. The number of aliphatic hydroxyl groups is 2.